The van der Waals surface area contributed by atoms with Crippen molar-refractivity contribution in [3.8, 4) is 0 Å². The zero-order valence-corrected chi connectivity index (χ0v) is 13.0. The first-order valence-electron chi connectivity index (χ1n) is 8.46. The number of benzene rings is 1. The van der Waals surface area contributed by atoms with Crippen molar-refractivity contribution in [3.63, 3.8) is 0 Å². The highest BCUT2D eigenvalue weighted by molar-refractivity contribution is 5.99. The molecular formula is C19H26O2. The molecule has 2 nitrogen and oxygen atoms in total. The Morgan fingerprint density at radius 3 is 2.48 bits per heavy atom. The molecule has 1 atom stereocenters. The van der Waals surface area contributed by atoms with Gasteiger partial charge in [0.05, 0.1) is 0 Å². The van der Waals surface area contributed by atoms with Gasteiger partial charge in [0.1, 0.15) is 6.10 Å². The van der Waals surface area contributed by atoms with Crippen LogP contribution in [0.1, 0.15) is 73.2 Å². The van der Waals surface area contributed by atoms with Crippen LogP contribution in [0.25, 0.3) is 0 Å². The summed E-state index contributed by atoms with van der Waals surface area (Å²) < 4.78 is 5.60. The van der Waals surface area contributed by atoms with Gasteiger partial charge < -0.3 is 4.74 Å². The molecule has 0 aromatic heterocycles. The summed E-state index contributed by atoms with van der Waals surface area (Å²) >= 11 is 0. The van der Waals surface area contributed by atoms with E-state index in [0.29, 0.717) is 11.8 Å². The highest BCUT2D eigenvalue weighted by atomic mass is 16.5. The molecule has 1 unspecified atom stereocenters. The largest absolute Gasteiger partial charge is 0.373 e. The number of carbonyl (C=O) groups is 1. The Kier molecular flexibility index (Phi) is 4.74. The second-order valence-corrected chi connectivity index (χ2v) is 6.67. The van der Waals surface area contributed by atoms with Crippen molar-refractivity contribution in [2.45, 2.75) is 63.4 Å². The zero-order chi connectivity index (χ0) is 14.7. The molecule has 2 aliphatic rings. The Balaban J connectivity index is 1.75. The van der Waals surface area contributed by atoms with E-state index in [2.05, 4.69) is 12.1 Å². The summed E-state index contributed by atoms with van der Waals surface area (Å²) in [7, 11) is 1.69. The first-order chi connectivity index (χ1) is 10.3. The molecule has 0 amide bonds. The molecule has 0 heterocycles. The highest BCUT2D eigenvalue weighted by Gasteiger charge is 2.30. The molecule has 3 rings (SSSR count). The van der Waals surface area contributed by atoms with E-state index in [9.17, 15) is 4.79 Å². The van der Waals surface area contributed by atoms with Gasteiger partial charge in [-0.2, -0.15) is 0 Å². The van der Waals surface area contributed by atoms with Gasteiger partial charge in [-0.15, -0.1) is 0 Å². The Bertz CT molecular complexity index is 484. The SMILES string of the molecule is COC(C(=O)c1cccc(C2CCC2)c1)C1CCCCC1. The van der Waals surface area contributed by atoms with Gasteiger partial charge in [0.2, 0.25) is 0 Å². The molecule has 0 bridgehead atoms. The summed E-state index contributed by atoms with van der Waals surface area (Å²) in [5.74, 6) is 1.27. The summed E-state index contributed by atoms with van der Waals surface area (Å²) in [4.78, 5) is 12.8. The molecule has 114 valence electrons. The number of hydrogen-bond acceptors (Lipinski definition) is 2. The quantitative estimate of drug-likeness (QED) is 0.731. The van der Waals surface area contributed by atoms with Gasteiger partial charge in [-0.1, -0.05) is 43.9 Å². The highest BCUT2D eigenvalue weighted by Crippen LogP contribution is 2.37. The molecular weight excluding hydrogens is 260 g/mol. The van der Waals surface area contributed by atoms with Crippen molar-refractivity contribution in [1.82, 2.24) is 0 Å². The average molecular weight is 286 g/mol. The van der Waals surface area contributed by atoms with Gasteiger partial charge in [-0.25, -0.2) is 0 Å². The van der Waals surface area contributed by atoms with Gasteiger partial charge in [-0.05, 0) is 49.1 Å². The van der Waals surface area contributed by atoms with Gasteiger partial charge in [-0.3, -0.25) is 4.79 Å². The lowest BCUT2D eigenvalue weighted by Crippen LogP contribution is -2.33. The van der Waals surface area contributed by atoms with E-state index in [1.165, 1.54) is 44.1 Å². The molecule has 0 saturated heterocycles. The third kappa shape index (κ3) is 3.21. The van der Waals surface area contributed by atoms with Crippen LogP contribution in [-0.2, 0) is 4.74 Å². The lowest BCUT2D eigenvalue weighted by atomic mass is 9.78. The van der Waals surface area contributed by atoms with Gasteiger partial charge >= 0.3 is 0 Å². The number of hydrogen-bond donors (Lipinski definition) is 0. The van der Waals surface area contributed by atoms with Crippen LogP contribution >= 0.6 is 0 Å². The predicted octanol–water partition coefficient (Wildman–Crippen LogP) is 4.73. The van der Waals surface area contributed by atoms with Crippen LogP contribution in [0.15, 0.2) is 24.3 Å². The van der Waals surface area contributed by atoms with E-state index >= 15 is 0 Å². The normalized spacial score (nSPS) is 21.8. The molecule has 2 fully saturated rings. The van der Waals surface area contributed by atoms with Crippen LogP contribution in [0.2, 0.25) is 0 Å². The third-order valence-electron chi connectivity index (χ3n) is 5.34. The van der Waals surface area contributed by atoms with E-state index < -0.39 is 0 Å². The van der Waals surface area contributed by atoms with E-state index in [1.54, 1.807) is 7.11 Å². The van der Waals surface area contributed by atoms with E-state index in [1.807, 2.05) is 12.1 Å². The first kappa shape index (κ1) is 14.8. The minimum absolute atomic E-state index is 0.186. The van der Waals surface area contributed by atoms with Crippen molar-refractivity contribution in [1.29, 1.82) is 0 Å². The van der Waals surface area contributed by atoms with Crippen molar-refractivity contribution >= 4 is 5.78 Å². The summed E-state index contributed by atoms with van der Waals surface area (Å²) in [6.07, 6.45) is 9.66. The summed E-state index contributed by atoms with van der Waals surface area (Å²) in [5.41, 5.74) is 2.18. The molecule has 0 radical (unpaired) electrons. The number of rotatable bonds is 5. The second kappa shape index (κ2) is 6.74. The number of Topliss-reactive ketones (excluding diaryl/α,β-unsaturated/α-hetero) is 1. The van der Waals surface area contributed by atoms with Crippen LogP contribution in [0.5, 0.6) is 0 Å². The van der Waals surface area contributed by atoms with E-state index in [-0.39, 0.29) is 11.9 Å². The maximum absolute atomic E-state index is 12.8. The fraction of sp³-hybridized carbons (Fsp3) is 0.632. The van der Waals surface area contributed by atoms with Crippen LogP contribution in [0, 0.1) is 5.92 Å². The predicted molar refractivity (Wildman–Crippen MR) is 84.7 cm³/mol. The van der Waals surface area contributed by atoms with Crippen LogP contribution in [-0.4, -0.2) is 19.0 Å². The standard InChI is InChI=1S/C19H26O2/c1-21-19(15-7-3-2-4-8-15)18(20)17-12-6-11-16(13-17)14-9-5-10-14/h6,11-15,19H,2-5,7-10H2,1H3. The van der Waals surface area contributed by atoms with Crippen LogP contribution in [0.3, 0.4) is 0 Å². The molecule has 21 heavy (non-hydrogen) atoms. The van der Waals surface area contributed by atoms with Crippen molar-refractivity contribution in [2.75, 3.05) is 7.11 Å². The molecule has 2 saturated carbocycles. The fourth-order valence-electron chi connectivity index (χ4n) is 3.80. The molecule has 0 spiro atoms. The topological polar surface area (TPSA) is 26.3 Å². The second-order valence-electron chi connectivity index (χ2n) is 6.67. The molecule has 1 aromatic rings. The monoisotopic (exact) mass is 286 g/mol. The molecule has 0 N–H and O–H groups in total. The maximum atomic E-state index is 12.8. The Hall–Kier alpha value is -1.15. The lowest BCUT2D eigenvalue weighted by molar-refractivity contribution is 0.0314. The molecule has 0 aliphatic heterocycles. The fourth-order valence-corrected chi connectivity index (χ4v) is 3.80. The average Bonchev–Trinajstić information content (AvgIpc) is 2.47. The molecule has 2 aliphatic carbocycles. The Labute approximate surface area is 127 Å². The summed E-state index contributed by atoms with van der Waals surface area (Å²) in [6.45, 7) is 0. The first-order valence-corrected chi connectivity index (χ1v) is 8.46. The van der Waals surface area contributed by atoms with Crippen molar-refractivity contribution in [2.24, 2.45) is 5.92 Å². The zero-order valence-electron chi connectivity index (χ0n) is 13.0. The van der Waals surface area contributed by atoms with E-state index in [0.717, 1.165) is 18.4 Å². The van der Waals surface area contributed by atoms with Gasteiger partial charge in [0.15, 0.2) is 5.78 Å². The molecule has 2 heteroatoms. The Morgan fingerprint density at radius 2 is 1.86 bits per heavy atom. The number of ketones is 1. The van der Waals surface area contributed by atoms with Gasteiger partial charge in [0.25, 0.3) is 0 Å². The smallest absolute Gasteiger partial charge is 0.191 e. The van der Waals surface area contributed by atoms with Crippen molar-refractivity contribution in [3.05, 3.63) is 35.4 Å². The van der Waals surface area contributed by atoms with Crippen molar-refractivity contribution < 1.29 is 9.53 Å². The van der Waals surface area contributed by atoms with Crippen LogP contribution < -0.4 is 0 Å². The minimum Gasteiger partial charge on any atom is -0.373 e. The summed E-state index contributed by atoms with van der Waals surface area (Å²) in [6, 6.07) is 8.28. The lowest BCUT2D eigenvalue weighted by Gasteiger charge is -2.29. The van der Waals surface area contributed by atoms with Gasteiger partial charge in [0, 0.05) is 12.7 Å². The number of methoxy groups -OCH3 is 1. The van der Waals surface area contributed by atoms with E-state index in [4.69, 9.17) is 4.74 Å². The maximum Gasteiger partial charge on any atom is 0.191 e. The number of ether oxygens (including phenoxy) is 1. The minimum atomic E-state index is -0.248. The van der Waals surface area contributed by atoms with Crippen LogP contribution in [0.4, 0.5) is 0 Å². The Morgan fingerprint density at radius 1 is 1.10 bits per heavy atom. The molecule has 1 aromatic carbocycles. The summed E-state index contributed by atoms with van der Waals surface area (Å²) in [5, 5.41) is 0. The number of carbonyl (C=O) groups excluding carboxylic acids is 1. The third-order valence-corrected chi connectivity index (χ3v) is 5.34.